The molecule has 2 rings (SSSR count). The van der Waals surface area contributed by atoms with Gasteiger partial charge in [0.15, 0.2) is 0 Å². The van der Waals surface area contributed by atoms with Gasteiger partial charge in [0.05, 0.1) is 12.2 Å². The maximum absolute atomic E-state index is 9.75. The lowest BCUT2D eigenvalue weighted by Crippen LogP contribution is -2.06. The third kappa shape index (κ3) is 3.22. The molecule has 0 saturated carbocycles. The highest BCUT2D eigenvalue weighted by molar-refractivity contribution is 7.03. The van der Waals surface area contributed by atoms with Crippen molar-refractivity contribution in [2.24, 2.45) is 0 Å². The molecule has 0 radical (unpaired) electrons. The summed E-state index contributed by atoms with van der Waals surface area (Å²) in [4.78, 5) is 0. The lowest BCUT2D eigenvalue weighted by atomic mass is 10.1. The van der Waals surface area contributed by atoms with E-state index in [1.54, 1.807) is 5.38 Å². The van der Waals surface area contributed by atoms with Gasteiger partial charge in [-0.15, -0.1) is 5.10 Å². The number of rotatable bonds is 5. The topological polar surface area (TPSA) is 55.2 Å². The number of aliphatic hydroxyl groups is 1. The van der Waals surface area contributed by atoms with Crippen molar-refractivity contribution < 1.29 is 9.84 Å². The second-order valence-electron chi connectivity index (χ2n) is 3.91. The number of ether oxygens (including phenoxy) is 1. The molecule has 2 atom stereocenters. The molecule has 2 unspecified atom stereocenters. The molecule has 15 heavy (non-hydrogen) atoms. The molecule has 1 aromatic rings. The molecule has 1 fully saturated rings. The number of aliphatic hydroxyl groups excluding tert-OH is 1. The minimum absolute atomic E-state index is 0.422. The van der Waals surface area contributed by atoms with Crippen LogP contribution in [0.4, 0.5) is 0 Å². The van der Waals surface area contributed by atoms with Crippen molar-refractivity contribution in [1.82, 2.24) is 9.59 Å². The second kappa shape index (κ2) is 5.53. The summed E-state index contributed by atoms with van der Waals surface area (Å²) in [6, 6.07) is 0. The van der Waals surface area contributed by atoms with E-state index in [1.807, 2.05) is 0 Å². The number of nitrogens with zero attached hydrogens (tertiary/aromatic N) is 2. The molecule has 0 spiro atoms. The van der Waals surface area contributed by atoms with Crippen molar-refractivity contribution in [3.05, 3.63) is 11.1 Å². The second-order valence-corrected chi connectivity index (χ2v) is 4.52. The minimum atomic E-state index is -0.454. The van der Waals surface area contributed by atoms with Gasteiger partial charge in [-0.1, -0.05) is 4.49 Å². The van der Waals surface area contributed by atoms with Crippen molar-refractivity contribution in [2.45, 2.75) is 44.3 Å². The van der Waals surface area contributed by atoms with Crippen LogP contribution < -0.4 is 0 Å². The van der Waals surface area contributed by atoms with Crippen LogP contribution in [-0.4, -0.2) is 27.4 Å². The Morgan fingerprint density at radius 3 is 3.27 bits per heavy atom. The SMILES string of the molecule is OC(CCCC1CCCO1)c1csnn1. The summed E-state index contributed by atoms with van der Waals surface area (Å²) >= 11 is 1.28. The molecule has 0 amide bonds. The lowest BCUT2D eigenvalue weighted by molar-refractivity contribution is 0.0939. The van der Waals surface area contributed by atoms with Crippen molar-refractivity contribution in [1.29, 1.82) is 0 Å². The highest BCUT2D eigenvalue weighted by Gasteiger charge is 2.16. The molecule has 4 nitrogen and oxygen atoms in total. The van der Waals surface area contributed by atoms with Gasteiger partial charge in [0.25, 0.3) is 0 Å². The molecule has 84 valence electrons. The summed E-state index contributed by atoms with van der Waals surface area (Å²) in [6.45, 7) is 0.906. The fourth-order valence-electron chi connectivity index (χ4n) is 1.88. The monoisotopic (exact) mass is 228 g/mol. The zero-order valence-electron chi connectivity index (χ0n) is 8.63. The quantitative estimate of drug-likeness (QED) is 0.836. The summed E-state index contributed by atoms with van der Waals surface area (Å²) in [5.41, 5.74) is 0.701. The Hall–Kier alpha value is -0.520. The Kier molecular flexibility index (Phi) is 4.05. The Morgan fingerprint density at radius 1 is 1.67 bits per heavy atom. The van der Waals surface area contributed by atoms with Crippen molar-refractivity contribution in [3.8, 4) is 0 Å². The first kappa shape index (κ1) is 11.0. The average molecular weight is 228 g/mol. The van der Waals surface area contributed by atoms with Gasteiger partial charge in [-0.2, -0.15) is 0 Å². The summed E-state index contributed by atoms with van der Waals surface area (Å²) in [6.07, 6.45) is 5.12. The number of hydrogen-bond donors (Lipinski definition) is 1. The van der Waals surface area contributed by atoms with E-state index >= 15 is 0 Å². The van der Waals surface area contributed by atoms with E-state index in [4.69, 9.17) is 4.74 Å². The smallest absolute Gasteiger partial charge is 0.104 e. The van der Waals surface area contributed by atoms with Crippen LogP contribution in [0.3, 0.4) is 0 Å². The van der Waals surface area contributed by atoms with Crippen LogP contribution in [0.15, 0.2) is 5.38 Å². The van der Waals surface area contributed by atoms with E-state index in [1.165, 1.54) is 24.4 Å². The zero-order valence-corrected chi connectivity index (χ0v) is 9.45. The molecule has 0 aromatic carbocycles. The van der Waals surface area contributed by atoms with E-state index in [-0.39, 0.29) is 0 Å². The van der Waals surface area contributed by atoms with Crippen LogP contribution >= 0.6 is 11.5 Å². The van der Waals surface area contributed by atoms with Gasteiger partial charge >= 0.3 is 0 Å². The third-order valence-electron chi connectivity index (χ3n) is 2.75. The normalized spacial score (nSPS) is 23.1. The van der Waals surface area contributed by atoms with Crippen LogP contribution in [0.5, 0.6) is 0 Å². The predicted molar refractivity (Wildman–Crippen MR) is 57.7 cm³/mol. The first-order valence-electron chi connectivity index (χ1n) is 5.43. The lowest BCUT2D eigenvalue weighted by Gasteiger charge is -2.10. The Balaban J connectivity index is 1.65. The first-order chi connectivity index (χ1) is 7.36. The minimum Gasteiger partial charge on any atom is -0.387 e. The molecule has 2 heterocycles. The Morgan fingerprint density at radius 2 is 2.60 bits per heavy atom. The summed E-state index contributed by atoms with van der Waals surface area (Å²) in [5.74, 6) is 0. The third-order valence-corrected chi connectivity index (χ3v) is 3.27. The van der Waals surface area contributed by atoms with Gasteiger partial charge in [-0.05, 0) is 43.6 Å². The van der Waals surface area contributed by atoms with E-state index in [9.17, 15) is 5.11 Å². The van der Waals surface area contributed by atoms with E-state index in [0.29, 0.717) is 11.8 Å². The highest BCUT2D eigenvalue weighted by Crippen LogP contribution is 2.22. The van der Waals surface area contributed by atoms with Crippen molar-refractivity contribution >= 4 is 11.5 Å². The van der Waals surface area contributed by atoms with Gasteiger partial charge in [0.1, 0.15) is 5.69 Å². The fraction of sp³-hybridized carbons (Fsp3) is 0.800. The van der Waals surface area contributed by atoms with Crippen LogP contribution in [0.1, 0.15) is 43.9 Å². The largest absolute Gasteiger partial charge is 0.387 e. The van der Waals surface area contributed by atoms with Crippen molar-refractivity contribution in [3.63, 3.8) is 0 Å². The highest BCUT2D eigenvalue weighted by atomic mass is 32.1. The van der Waals surface area contributed by atoms with E-state index in [2.05, 4.69) is 9.59 Å². The maximum atomic E-state index is 9.75. The molecule has 1 aliphatic rings. The van der Waals surface area contributed by atoms with Gasteiger partial charge in [-0.3, -0.25) is 0 Å². The standard InChI is InChI=1S/C10H16N2O2S/c13-10(9-7-15-12-11-9)5-1-3-8-4-2-6-14-8/h7-8,10,13H,1-6H2. The predicted octanol–water partition coefficient (Wildman–Crippen LogP) is 1.92. The zero-order chi connectivity index (χ0) is 10.5. The molecule has 1 aromatic heterocycles. The molecule has 1 aliphatic heterocycles. The van der Waals surface area contributed by atoms with E-state index in [0.717, 1.165) is 25.9 Å². The molecule has 1 saturated heterocycles. The molecule has 1 N–H and O–H groups in total. The number of hydrogen-bond acceptors (Lipinski definition) is 5. The number of aromatic nitrogens is 2. The summed E-state index contributed by atoms with van der Waals surface area (Å²) in [5, 5.41) is 15.4. The molecular weight excluding hydrogens is 212 g/mol. The van der Waals surface area contributed by atoms with E-state index < -0.39 is 6.10 Å². The molecular formula is C10H16N2O2S. The summed E-state index contributed by atoms with van der Waals surface area (Å²) < 4.78 is 9.25. The molecule has 0 aliphatic carbocycles. The maximum Gasteiger partial charge on any atom is 0.104 e. The van der Waals surface area contributed by atoms with Crippen LogP contribution in [-0.2, 0) is 4.74 Å². The van der Waals surface area contributed by atoms with Crippen LogP contribution in [0.2, 0.25) is 0 Å². The van der Waals surface area contributed by atoms with Crippen LogP contribution in [0.25, 0.3) is 0 Å². The molecule has 0 bridgehead atoms. The van der Waals surface area contributed by atoms with Gasteiger partial charge in [0.2, 0.25) is 0 Å². The first-order valence-corrected chi connectivity index (χ1v) is 6.26. The van der Waals surface area contributed by atoms with Gasteiger partial charge in [-0.25, -0.2) is 0 Å². The van der Waals surface area contributed by atoms with Crippen molar-refractivity contribution in [2.75, 3.05) is 6.61 Å². The Bertz CT molecular complexity index is 273. The Labute approximate surface area is 93.4 Å². The fourth-order valence-corrected chi connectivity index (χ4v) is 2.38. The molecule has 5 heteroatoms. The van der Waals surface area contributed by atoms with Gasteiger partial charge < -0.3 is 9.84 Å². The summed E-state index contributed by atoms with van der Waals surface area (Å²) in [7, 11) is 0. The van der Waals surface area contributed by atoms with Crippen LogP contribution in [0, 0.1) is 0 Å². The average Bonchev–Trinajstić information content (AvgIpc) is 2.90. The van der Waals surface area contributed by atoms with Gasteiger partial charge in [0, 0.05) is 12.0 Å².